The van der Waals surface area contributed by atoms with Crippen LogP contribution >= 0.6 is 0 Å². The molecule has 0 spiro atoms. The fraction of sp³-hybridized carbons (Fsp3) is 0.429. The maximum Gasteiger partial charge on any atom is 0.261 e. The van der Waals surface area contributed by atoms with E-state index >= 15 is 0 Å². The number of ketones is 1. The highest BCUT2D eigenvalue weighted by molar-refractivity contribution is 6.24. The molecule has 2 aliphatic rings. The van der Waals surface area contributed by atoms with Gasteiger partial charge in [-0.3, -0.25) is 24.3 Å². The van der Waals surface area contributed by atoms with E-state index in [4.69, 9.17) is 0 Å². The summed E-state index contributed by atoms with van der Waals surface area (Å²) in [4.78, 5) is 42.6. The number of carbonyl (C=O) groups is 3. The van der Waals surface area contributed by atoms with Crippen molar-refractivity contribution in [3.05, 3.63) is 46.7 Å². The molecule has 0 aromatic heterocycles. The molecule has 1 aliphatic heterocycles. The van der Waals surface area contributed by atoms with Gasteiger partial charge in [-0.25, -0.2) is 0 Å². The van der Waals surface area contributed by atoms with Crippen LogP contribution in [-0.2, 0) is 4.79 Å². The lowest BCUT2D eigenvalue weighted by Gasteiger charge is -2.31. The Morgan fingerprint density at radius 2 is 1.70 bits per heavy atom. The van der Waals surface area contributed by atoms with Crippen molar-refractivity contribution in [2.24, 2.45) is 10.4 Å². The van der Waals surface area contributed by atoms with Crippen LogP contribution in [0.15, 0.2) is 40.6 Å². The van der Waals surface area contributed by atoms with Crippen LogP contribution in [0.1, 0.15) is 60.2 Å². The molecule has 1 aromatic carbocycles. The summed E-state index contributed by atoms with van der Waals surface area (Å²) in [5.74, 6) is -0.735. The summed E-state index contributed by atoms with van der Waals surface area (Å²) in [5.41, 5.74) is 1.58. The molecule has 0 atom stereocenters. The molecule has 2 amide bonds. The number of amides is 2. The Morgan fingerprint density at radius 3 is 2.26 bits per heavy atom. The van der Waals surface area contributed by atoms with Crippen molar-refractivity contribution < 1.29 is 19.5 Å². The van der Waals surface area contributed by atoms with Gasteiger partial charge in [0.25, 0.3) is 11.8 Å². The number of Topliss-reactive ketones (excluding diaryl/α,β-unsaturated/α-hetero) is 1. The topological polar surface area (TPSA) is 87.0 Å². The van der Waals surface area contributed by atoms with Crippen molar-refractivity contribution >= 4 is 23.3 Å². The molecular formula is C21H24N2O4. The predicted octanol–water partition coefficient (Wildman–Crippen LogP) is 3.33. The Labute approximate surface area is 158 Å². The van der Waals surface area contributed by atoms with Crippen LogP contribution in [0.4, 0.5) is 0 Å². The molecule has 0 unspecified atom stereocenters. The van der Waals surface area contributed by atoms with E-state index in [1.54, 1.807) is 31.3 Å². The van der Waals surface area contributed by atoms with Gasteiger partial charge < -0.3 is 5.11 Å². The molecule has 6 nitrogen and oxygen atoms in total. The second-order valence-corrected chi connectivity index (χ2v) is 7.84. The van der Waals surface area contributed by atoms with E-state index < -0.39 is 0 Å². The molecular weight excluding hydrogens is 344 g/mol. The molecule has 1 fully saturated rings. The number of nitrogens with zero attached hydrogens (tertiary/aromatic N) is 2. The normalized spacial score (nSPS) is 22.4. The van der Waals surface area contributed by atoms with Gasteiger partial charge in [0, 0.05) is 32.1 Å². The summed E-state index contributed by atoms with van der Waals surface area (Å²) in [6, 6.07) is 6.74. The van der Waals surface area contributed by atoms with E-state index in [9.17, 15) is 19.5 Å². The third-order valence-electron chi connectivity index (χ3n) is 5.08. The number of hydrogen-bond acceptors (Lipinski definition) is 5. The van der Waals surface area contributed by atoms with Gasteiger partial charge in [-0.2, -0.15) is 0 Å². The number of allylic oxidation sites excluding steroid dienone is 2. The third-order valence-corrected chi connectivity index (χ3v) is 5.08. The molecule has 1 heterocycles. The highest BCUT2D eigenvalue weighted by Crippen LogP contribution is 2.35. The van der Waals surface area contributed by atoms with Gasteiger partial charge in [0.2, 0.25) is 0 Å². The SMILES string of the molecule is CN=C1CC(C)(C)CC(=O)/C1=C(/O)CCCN1C(=O)c2ccccc2C1=O. The third kappa shape index (κ3) is 3.56. The average molecular weight is 368 g/mol. The monoisotopic (exact) mass is 368 g/mol. The highest BCUT2D eigenvalue weighted by atomic mass is 16.3. The first-order valence-corrected chi connectivity index (χ1v) is 9.12. The van der Waals surface area contributed by atoms with Crippen LogP contribution < -0.4 is 0 Å². The van der Waals surface area contributed by atoms with Crippen LogP contribution in [0.2, 0.25) is 0 Å². The Morgan fingerprint density at radius 1 is 1.11 bits per heavy atom. The molecule has 142 valence electrons. The van der Waals surface area contributed by atoms with Crippen LogP contribution in [-0.4, -0.2) is 46.9 Å². The Hall–Kier alpha value is -2.76. The minimum atomic E-state index is -0.311. The van der Waals surface area contributed by atoms with Crippen LogP contribution in [0.5, 0.6) is 0 Å². The molecule has 27 heavy (non-hydrogen) atoms. The van der Waals surface area contributed by atoms with E-state index in [2.05, 4.69) is 4.99 Å². The van der Waals surface area contributed by atoms with Crippen molar-refractivity contribution in [3.8, 4) is 0 Å². The van der Waals surface area contributed by atoms with E-state index in [1.807, 2.05) is 13.8 Å². The molecule has 1 N–H and O–H groups in total. The van der Waals surface area contributed by atoms with Crippen molar-refractivity contribution in [1.82, 2.24) is 4.90 Å². The molecule has 1 saturated carbocycles. The molecule has 1 aliphatic carbocycles. The Bertz CT molecular complexity index is 845. The molecule has 6 heteroatoms. The summed E-state index contributed by atoms with van der Waals surface area (Å²) in [5, 5.41) is 10.5. The number of rotatable bonds is 4. The van der Waals surface area contributed by atoms with Gasteiger partial charge >= 0.3 is 0 Å². The number of imide groups is 1. The number of aliphatic imine (C=N–C) groups is 1. The van der Waals surface area contributed by atoms with Gasteiger partial charge in [-0.1, -0.05) is 26.0 Å². The fourth-order valence-electron chi connectivity index (χ4n) is 3.78. The standard InChI is InChI=1S/C21H24N2O4/c1-21(2)11-15(22-3)18(17(25)12-21)16(24)9-6-10-23-19(26)13-7-4-5-8-14(13)20(23)27/h4-5,7-8,24H,6,9-12H2,1-3H3/b18-16+,22-15?. The van der Waals surface area contributed by atoms with Crippen molar-refractivity contribution in [2.75, 3.05) is 13.6 Å². The zero-order valence-corrected chi connectivity index (χ0v) is 15.9. The maximum atomic E-state index is 12.5. The first-order chi connectivity index (χ1) is 12.7. The second-order valence-electron chi connectivity index (χ2n) is 7.84. The lowest BCUT2D eigenvalue weighted by molar-refractivity contribution is -0.117. The number of benzene rings is 1. The lowest BCUT2D eigenvalue weighted by Crippen LogP contribution is -2.33. The smallest absolute Gasteiger partial charge is 0.261 e. The molecule has 1 aromatic rings. The van der Waals surface area contributed by atoms with Gasteiger partial charge in [-0.15, -0.1) is 0 Å². The van der Waals surface area contributed by atoms with E-state index in [0.717, 1.165) is 0 Å². The van der Waals surface area contributed by atoms with Crippen LogP contribution in [0.25, 0.3) is 0 Å². The van der Waals surface area contributed by atoms with E-state index in [1.165, 1.54) is 4.90 Å². The largest absolute Gasteiger partial charge is 0.511 e. The number of hydrogen-bond donors (Lipinski definition) is 1. The number of aliphatic hydroxyl groups is 1. The molecule has 0 radical (unpaired) electrons. The van der Waals surface area contributed by atoms with Gasteiger partial charge in [0.15, 0.2) is 5.78 Å². The Kier molecular flexibility index (Phi) is 5.00. The van der Waals surface area contributed by atoms with Crippen molar-refractivity contribution in [2.45, 2.75) is 39.5 Å². The predicted molar refractivity (Wildman–Crippen MR) is 102 cm³/mol. The van der Waals surface area contributed by atoms with Gasteiger partial charge in [0.1, 0.15) is 5.76 Å². The summed E-state index contributed by atoms with van der Waals surface area (Å²) in [6.07, 6.45) is 1.60. The minimum Gasteiger partial charge on any atom is -0.511 e. The quantitative estimate of drug-likeness (QED) is 0.502. The first kappa shape index (κ1) is 19.0. The van der Waals surface area contributed by atoms with Crippen LogP contribution in [0, 0.1) is 5.41 Å². The Balaban J connectivity index is 1.69. The van der Waals surface area contributed by atoms with Crippen molar-refractivity contribution in [3.63, 3.8) is 0 Å². The number of fused-ring (bicyclic) bond motifs is 1. The molecule has 0 saturated heterocycles. The van der Waals surface area contributed by atoms with Gasteiger partial charge in [-0.05, 0) is 30.4 Å². The molecule has 3 rings (SSSR count). The number of aliphatic hydroxyl groups excluding tert-OH is 1. The van der Waals surface area contributed by atoms with Crippen LogP contribution in [0.3, 0.4) is 0 Å². The first-order valence-electron chi connectivity index (χ1n) is 9.12. The number of carbonyl (C=O) groups excluding carboxylic acids is 3. The van der Waals surface area contributed by atoms with E-state index in [-0.39, 0.29) is 41.7 Å². The summed E-state index contributed by atoms with van der Waals surface area (Å²) in [6.45, 7) is 4.21. The van der Waals surface area contributed by atoms with Crippen molar-refractivity contribution in [1.29, 1.82) is 0 Å². The van der Waals surface area contributed by atoms with E-state index in [0.29, 0.717) is 41.7 Å². The summed E-state index contributed by atoms with van der Waals surface area (Å²) < 4.78 is 0. The molecule has 0 bridgehead atoms. The average Bonchev–Trinajstić information content (AvgIpc) is 2.85. The lowest BCUT2D eigenvalue weighted by atomic mass is 9.73. The zero-order valence-electron chi connectivity index (χ0n) is 15.9. The summed E-state index contributed by atoms with van der Waals surface area (Å²) in [7, 11) is 1.62. The summed E-state index contributed by atoms with van der Waals surface area (Å²) >= 11 is 0. The second kappa shape index (κ2) is 7.10. The van der Waals surface area contributed by atoms with Gasteiger partial charge in [0.05, 0.1) is 16.7 Å². The highest BCUT2D eigenvalue weighted by Gasteiger charge is 2.37. The minimum absolute atomic E-state index is 0.00675. The maximum absolute atomic E-state index is 12.5. The fourth-order valence-corrected chi connectivity index (χ4v) is 3.78. The zero-order chi connectivity index (χ0) is 19.8.